The van der Waals surface area contributed by atoms with Crippen LogP contribution in [0, 0.1) is 6.92 Å². The smallest absolute Gasteiger partial charge is 0.416 e. The SMILES string of the molecule is Cc1ccc(S(=O)(=O)N(CC(=O)Nc2ccc(OC(C)C)cc2)c2cccc(C(F)(F)F)c2)cc1. The number of aryl methyl sites for hydroxylation is 1. The summed E-state index contributed by atoms with van der Waals surface area (Å²) < 4.78 is 72.9. The van der Waals surface area contributed by atoms with Crippen molar-refractivity contribution in [2.45, 2.75) is 37.9 Å². The molecule has 3 aromatic carbocycles. The second-order valence-corrected chi connectivity index (χ2v) is 9.97. The number of benzene rings is 3. The third-order valence-corrected chi connectivity index (χ3v) is 6.66. The molecule has 0 spiro atoms. The number of sulfonamides is 1. The number of nitrogens with zero attached hydrogens (tertiary/aromatic N) is 1. The van der Waals surface area contributed by atoms with Crippen molar-refractivity contribution < 1.29 is 31.1 Å². The third-order valence-electron chi connectivity index (χ3n) is 4.87. The lowest BCUT2D eigenvalue weighted by Gasteiger charge is -2.25. The highest BCUT2D eigenvalue weighted by molar-refractivity contribution is 7.92. The number of amides is 1. The minimum absolute atomic E-state index is 0.0385. The third kappa shape index (κ3) is 6.75. The molecule has 1 amide bonds. The first-order valence-electron chi connectivity index (χ1n) is 10.7. The Bertz CT molecular complexity index is 1270. The molecule has 0 fully saturated rings. The van der Waals surface area contributed by atoms with Crippen LogP contribution in [0.25, 0.3) is 0 Å². The first-order valence-corrected chi connectivity index (χ1v) is 12.1. The Morgan fingerprint density at radius 1 is 1.00 bits per heavy atom. The summed E-state index contributed by atoms with van der Waals surface area (Å²) in [5, 5.41) is 2.58. The summed E-state index contributed by atoms with van der Waals surface area (Å²) in [7, 11) is -4.36. The van der Waals surface area contributed by atoms with Gasteiger partial charge in [0.2, 0.25) is 5.91 Å². The summed E-state index contributed by atoms with van der Waals surface area (Å²) >= 11 is 0. The predicted octanol–water partition coefficient (Wildman–Crippen LogP) is 5.64. The van der Waals surface area contributed by atoms with E-state index in [-0.39, 0.29) is 16.7 Å². The van der Waals surface area contributed by atoms with Crippen molar-refractivity contribution in [2.75, 3.05) is 16.2 Å². The lowest BCUT2D eigenvalue weighted by Crippen LogP contribution is -2.38. The lowest BCUT2D eigenvalue weighted by molar-refractivity contribution is -0.137. The van der Waals surface area contributed by atoms with Gasteiger partial charge in [0.05, 0.1) is 22.3 Å². The average Bonchev–Trinajstić information content (AvgIpc) is 2.78. The fraction of sp³-hybridized carbons (Fsp3) is 0.240. The van der Waals surface area contributed by atoms with Crippen LogP contribution in [0.4, 0.5) is 24.5 Å². The zero-order valence-electron chi connectivity index (χ0n) is 19.3. The Labute approximate surface area is 202 Å². The maximum atomic E-state index is 13.4. The molecule has 186 valence electrons. The Balaban J connectivity index is 1.93. The molecular formula is C25H25F3N2O4S. The van der Waals surface area contributed by atoms with Crippen LogP contribution in [0.2, 0.25) is 0 Å². The van der Waals surface area contributed by atoms with Gasteiger partial charge in [0.1, 0.15) is 12.3 Å². The number of alkyl halides is 3. The molecule has 0 radical (unpaired) electrons. The monoisotopic (exact) mass is 506 g/mol. The minimum Gasteiger partial charge on any atom is -0.491 e. The fourth-order valence-corrected chi connectivity index (χ4v) is 4.62. The zero-order chi connectivity index (χ0) is 25.8. The highest BCUT2D eigenvalue weighted by Crippen LogP contribution is 2.33. The van der Waals surface area contributed by atoms with Crippen molar-refractivity contribution in [3.63, 3.8) is 0 Å². The topological polar surface area (TPSA) is 75.7 Å². The van der Waals surface area contributed by atoms with Crippen LogP contribution in [0.1, 0.15) is 25.0 Å². The molecule has 6 nitrogen and oxygen atoms in total. The second-order valence-electron chi connectivity index (χ2n) is 8.11. The molecule has 3 aromatic rings. The molecule has 0 saturated heterocycles. The molecule has 0 saturated carbocycles. The summed E-state index contributed by atoms with van der Waals surface area (Å²) in [4.78, 5) is 12.7. The number of ether oxygens (including phenoxy) is 1. The quantitative estimate of drug-likeness (QED) is 0.429. The lowest BCUT2D eigenvalue weighted by atomic mass is 10.2. The molecule has 35 heavy (non-hydrogen) atoms. The summed E-state index contributed by atoms with van der Waals surface area (Å²) in [5.74, 6) is -0.138. The van der Waals surface area contributed by atoms with Gasteiger partial charge in [0.25, 0.3) is 10.0 Å². The van der Waals surface area contributed by atoms with Gasteiger partial charge >= 0.3 is 6.18 Å². The molecule has 0 bridgehead atoms. The van der Waals surface area contributed by atoms with E-state index in [4.69, 9.17) is 4.74 Å². The van der Waals surface area contributed by atoms with Crippen molar-refractivity contribution in [1.29, 1.82) is 0 Å². The highest BCUT2D eigenvalue weighted by Gasteiger charge is 2.33. The van der Waals surface area contributed by atoms with Gasteiger partial charge < -0.3 is 10.1 Å². The molecule has 0 aromatic heterocycles. The van der Waals surface area contributed by atoms with Crippen molar-refractivity contribution in [3.8, 4) is 5.75 Å². The van der Waals surface area contributed by atoms with Crippen LogP contribution in [-0.2, 0) is 21.0 Å². The first-order chi connectivity index (χ1) is 16.4. The van der Waals surface area contributed by atoms with Crippen LogP contribution in [0.5, 0.6) is 5.75 Å². The Hall–Kier alpha value is -3.53. The van der Waals surface area contributed by atoms with Crippen molar-refractivity contribution in [3.05, 3.63) is 83.9 Å². The van der Waals surface area contributed by atoms with Crippen LogP contribution in [0.15, 0.2) is 77.7 Å². The van der Waals surface area contributed by atoms with Gasteiger partial charge in [-0.25, -0.2) is 8.42 Å². The number of rotatable bonds is 8. The normalized spacial score (nSPS) is 11.9. The molecular weight excluding hydrogens is 481 g/mol. The Kier molecular flexibility index (Phi) is 7.74. The van der Waals surface area contributed by atoms with Crippen LogP contribution in [-0.4, -0.2) is 27.0 Å². The molecule has 0 aliphatic rings. The van der Waals surface area contributed by atoms with E-state index in [0.717, 1.165) is 17.7 Å². The van der Waals surface area contributed by atoms with E-state index in [1.807, 2.05) is 13.8 Å². The predicted molar refractivity (Wildman–Crippen MR) is 128 cm³/mol. The molecule has 0 aliphatic carbocycles. The summed E-state index contributed by atoms with van der Waals surface area (Å²) in [5.41, 5.74) is -0.128. The molecule has 3 rings (SSSR count). The van der Waals surface area contributed by atoms with Crippen molar-refractivity contribution >= 4 is 27.3 Å². The molecule has 0 atom stereocenters. The van der Waals surface area contributed by atoms with E-state index in [2.05, 4.69) is 5.32 Å². The number of halogens is 3. The standard InChI is InChI=1S/C25H25F3N2O4S/c1-17(2)34-22-11-9-20(10-12-22)29-24(31)16-30(21-6-4-5-19(15-21)25(26,27)28)35(32,33)23-13-7-18(3)8-14-23/h4-15,17H,16H2,1-3H3,(H,29,31). The largest absolute Gasteiger partial charge is 0.491 e. The van der Waals surface area contributed by atoms with Crippen molar-refractivity contribution in [2.24, 2.45) is 0 Å². The molecule has 0 heterocycles. The van der Waals surface area contributed by atoms with E-state index in [9.17, 15) is 26.4 Å². The van der Waals surface area contributed by atoms with E-state index in [1.54, 1.807) is 43.3 Å². The van der Waals surface area contributed by atoms with E-state index in [0.29, 0.717) is 21.8 Å². The first kappa shape index (κ1) is 26.1. The van der Waals surface area contributed by atoms with Gasteiger partial charge in [-0.3, -0.25) is 9.10 Å². The van der Waals surface area contributed by atoms with Gasteiger partial charge in [-0.05, 0) is 75.4 Å². The maximum absolute atomic E-state index is 13.4. The van der Waals surface area contributed by atoms with Gasteiger partial charge in [-0.15, -0.1) is 0 Å². The van der Waals surface area contributed by atoms with Gasteiger partial charge in [0, 0.05) is 5.69 Å². The van der Waals surface area contributed by atoms with E-state index >= 15 is 0 Å². The number of carbonyl (C=O) groups is 1. The maximum Gasteiger partial charge on any atom is 0.416 e. The van der Waals surface area contributed by atoms with Crippen LogP contribution in [0.3, 0.4) is 0 Å². The van der Waals surface area contributed by atoms with E-state index in [1.165, 1.54) is 18.2 Å². The number of carbonyl (C=O) groups excluding carboxylic acids is 1. The van der Waals surface area contributed by atoms with Gasteiger partial charge in [-0.1, -0.05) is 23.8 Å². The molecule has 0 unspecified atom stereocenters. The summed E-state index contributed by atoms with van der Waals surface area (Å²) in [6, 6.07) is 16.1. The zero-order valence-corrected chi connectivity index (χ0v) is 20.2. The number of hydrogen-bond acceptors (Lipinski definition) is 4. The van der Waals surface area contributed by atoms with Gasteiger partial charge in [0.15, 0.2) is 0 Å². The second kappa shape index (κ2) is 10.4. The number of anilines is 2. The molecule has 10 heteroatoms. The van der Waals surface area contributed by atoms with Crippen LogP contribution < -0.4 is 14.4 Å². The fourth-order valence-electron chi connectivity index (χ4n) is 3.21. The average molecular weight is 507 g/mol. The summed E-state index contributed by atoms with van der Waals surface area (Å²) in [6.07, 6.45) is -4.72. The number of nitrogens with one attached hydrogen (secondary N) is 1. The minimum atomic E-state index is -4.68. The van der Waals surface area contributed by atoms with E-state index < -0.39 is 34.2 Å². The Morgan fingerprint density at radius 2 is 1.63 bits per heavy atom. The Morgan fingerprint density at radius 3 is 2.20 bits per heavy atom. The number of hydrogen-bond donors (Lipinski definition) is 1. The van der Waals surface area contributed by atoms with Crippen LogP contribution >= 0.6 is 0 Å². The summed E-state index contributed by atoms with van der Waals surface area (Å²) in [6.45, 7) is 4.77. The van der Waals surface area contributed by atoms with Gasteiger partial charge in [-0.2, -0.15) is 13.2 Å². The van der Waals surface area contributed by atoms with Crippen molar-refractivity contribution in [1.82, 2.24) is 0 Å². The molecule has 1 N–H and O–H groups in total. The highest BCUT2D eigenvalue weighted by atomic mass is 32.2. The molecule has 0 aliphatic heterocycles.